The number of fused-ring (bicyclic) bond motifs is 6. The van der Waals surface area contributed by atoms with Crippen LogP contribution in [0, 0.1) is 0 Å². The molecule has 0 radical (unpaired) electrons. The van der Waals surface area contributed by atoms with Gasteiger partial charge in [-0.2, -0.15) is 41.8 Å². The molecule has 2 saturated heterocycles. The molecule has 4 aliphatic heterocycles. The van der Waals surface area contributed by atoms with Gasteiger partial charge >= 0.3 is 5.91 Å². The first-order chi connectivity index (χ1) is 45.2. The standard InChI is InChI=1S/C61H65N17O11S5/c1-5-75(6-2)38-22-24-42(71-73-60-66-52(77-26-14-8-15-27-77)48(91-60)34-40(37(4)79)54(80)62-44-18-10-12-20-50(44)93(83,84)85)46(32-38)64-57-68-58-65-47-33-39(76(7-3)36-89-30-31-90-59(69-57)70-58)23-25-43(47)72-74-61-67-53-49(92-61)35-41(56(82)78(53)28-16-9-17-29-78)55(81)63-45-19-11-13-21-51(45)94(86,87)88/h10-13,18-25,32-35H,5-9,14-17,26-31,36H2,1-4H3,(H5-,62,63,64,65,66,67,68,69,70,73,74,79,80,81,82,83,84,85,86,87,88)/p+1. The number of ether oxygens (including phenoxy) is 1. The molecule has 0 unspecified atom stereocenters. The van der Waals surface area contributed by atoms with Gasteiger partial charge in [0.25, 0.3) is 37.9 Å². The van der Waals surface area contributed by atoms with E-state index in [1.807, 2.05) is 49.9 Å². The summed E-state index contributed by atoms with van der Waals surface area (Å²) in [4.78, 5) is 86.1. The lowest BCUT2D eigenvalue weighted by atomic mass is 10.00. The number of thioether (sulfide) groups is 1. The lowest BCUT2D eigenvalue weighted by molar-refractivity contribution is -0.129. The summed E-state index contributed by atoms with van der Waals surface area (Å²) in [6.45, 7) is 12.0. The molecule has 0 saturated carbocycles. The summed E-state index contributed by atoms with van der Waals surface area (Å²) in [7, 11) is -9.45. The molecule has 6 N–H and O–H groups in total. The van der Waals surface area contributed by atoms with E-state index in [9.17, 15) is 45.1 Å². The van der Waals surface area contributed by atoms with Crippen molar-refractivity contribution in [3.05, 3.63) is 106 Å². The fraction of sp³-hybridized carbons (Fsp3) is 0.328. The normalized spacial score (nSPS) is 16.2. The van der Waals surface area contributed by atoms with Crippen LogP contribution < -0.4 is 40.4 Å². The third-order valence-corrected chi connectivity index (χ3v) is 20.3. The van der Waals surface area contributed by atoms with Gasteiger partial charge in [-0.25, -0.2) is 9.28 Å². The Kier molecular flexibility index (Phi) is 20.4. The summed E-state index contributed by atoms with van der Waals surface area (Å²) >= 11 is 3.59. The highest BCUT2D eigenvalue weighted by molar-refractivity contribution is 7.99. The van der Waals surface area contributed by atoms with Gasteiger partial charge in [-0.1, -0.05) is 58.7 Å². The number of ketones is 1. The zero-order valence-corrected chi connectivity index (χ0v) is 55.6. The van der Waals surface area contributed by atoms with Crippen LogP contribution in [0.2, 0.25) is 0 Å². The van der Waals surface area contributed by atoms with Crippen LogP contribution in [0.4, 0.5) is 79.3 Å². The Morgan fingerprint density at radius 3 is 2.10 bits per heavy atom. The quantitative estimate of drug-likeness (QED) is 0.0109. The highest BCUT2D eigenvalue weighted by atomic mass is 32.2. The van der Waals surface area contributed by atoms with Crippen LogP contribution in [0.15, 0.2) is 131 Å². The van der Waals surface area contributed by atoms with Gasteiger partial charge in [-0.15, -0.1) is 20.5 Å². The van der Waals surface area contributed by atoms with Crippen molar-refractivity contribution in [2.75, 3.05) is 101 Å². The number of nitrogens with zero attached hydrogens (tertiary/aromatic N) is 13. The first kappa shape index (κ1) is 66.6. The number of quaternary nitrogens is 1. The van der Waals surface area contributed by atoms with Crippen LogP contribution >= 0.6 is 34.4 Å². The van der Waals surface area contributed by atoms with Gasteiger partial charge in [-0.3, -0.25) is 23.5 Å². The number of anilines is 9. The van der Waals surface area contributed by atoms with Crippen molar-refractivity contribution in [1.82, 2.24) is 29.4 Å². The van der Waals surface area contributed by atoms with Gasteiger partial charge in [0.15, 0.2) is 10.9 Å². The van der Waals surface area contributed by atoms with E-state index in [4.69, 9.17) is 39.9 Å². The molecule has 94 heavy (non-hydrogen) atoms. The molecule has 33 heteroatoms. The summed E-state index contributed by atoms with van der Waals surface area (Å²) in [5.74, 6) is -1.15. The van der Waals surface area contributed by atoms with E-state index in [2.05, 4.69) is 41.3 Å². The maximum atomic E-state index is 14.6. The zero-order chi connectivity index (χ0) is 66.3. The second-order valence-electron chi connectivity index (χ2n) is 22.0. The van der Waals surface area contributed by atoms with Crippen LogP contribution in [-0.4, -0.2) is 139 Å². The van der Waals surface area contributed by atoms with Gasteiger partial charge in [-0.05, 0) is 139 Å². The van der Waals surface area contributed by atoms with Crippen molar-refractivity contribution < 1.29 is 49.9 Å². The van der Waals surface area contributed by atoms with Crippen LogP contribution in [0.3, 0.4) is 0 Å². The average Bonchev–Trinajstić information content (AvgIpc) is 1.34. The summed E-state index contributed by atoms with van der Waals surface area (Å²) in [6.07, 6.45) is 7.85. The first-order valence-corrected chi connectivity index (χ1v) is 35.7. The minimum Gasteiger partial charge on any atom is -0.372 e. The van der Waals surface area contributed by atoms with Crippen molar-refractivity contribution in [1.29, 1.82) is 0 Å². The molecule has 11 rings (SSSR count). The number of piperidine rings is 2. The lowest BCUT2D eigenvalue weighted by Crippen LogP contribution is -2.60. The predicted octanol–water partition coefficient (Wildman–Crippen LogP) is 12.0. The number of Topliss-reactive ketones (excluding diaryl/α,β-unsaturated/α-hetero) is 1. The van der Waals surface area contributed by atoms with E-state index in [1.54, 1.807) is 12.1 Å². The Labute approximate surface area is 553 Å². The smallest absolute Gasteiger partial charge is 0.357 e. The van der Waals surface area contributed by atoms with Gasteiger partial charge < -0.3 is 40.7 Å². The van der Waals surface area contributed by atoms with Crippen molar-refractivity contribution in [2.45, 2.75) is 81.2 Å². The van der Waals surface area contributed by atoms with Crippen LogP contribution in [-0.2, 0) is 44.2 Å². The number of para-hydroxylation sites is 2. The summed E-state index contributed by atoms with van der Waals surface area (Å²) in [5, 5.41) is 31.3. The predicted molar refractivity (Wildman–Crippen MR) is 363 cm³/mol. The number of nitrogens with one attached hydrogen (secondary N) is 4. The number of carbonyl (C=O) groups is 4. The van der Waals surface area contributed by atoms with E-state index in [-0.39, 0.29) is 55.9 Å². The minimum atomic E-state index is -4.73. The Hall–Kier alpha value is -8.80. The van der Waals surface area contributed by atoms with E-state index in [1.165, 1.54) is 67.2 Å². The molecule has 0 aliphatic carbocycles. The minimum absolute atomic E-state index is 0.142. The lowest BCUT2D eigenvalue weighted by Gasteiger charge is -2.38. The molecule has 28 nitrogen and oxygen atoms in total. The number of thiazole rings is 2. The molecule has 1 spiro atoms. The number of rotatable bonds is 19. The molecule has 3 aromatic heterocycles. The number of aromatic nitrogens is 5. The third-order valence-electron chi connectivity index (χ3n) is 15.9. The van der Waals surface area contributed by atoms with Crippen molar-refractivity contribution in [3.63, 3.8) is 0 Å². The van der Waals surface area contributed by atoms with Gasteiger partial charge in [0.1, 0.15) is 44.2 Å². The van der Waals surface area contributed by atoms with Gasteiger partial charge in [0, 0.05) is 49.9 Å². The Morgan fingerprint density at radius 1 is 0.755 bits per heavy atom. The largest absolute Gasteiger partial charge is 0.372 e. The van der Waals surface area contributed by atoms with E-state index in [0.717, 1.165) is 71.9 Å². The monoisotopic (exact) mass is 1370 g/mol. The number of benzene rings is 4. The number of azo groups is 2. The molecular formula is C61H66N17O11S5+. The number of hydrogen-bond donors (Lipinski definition) is 6. The molecule has 2 fully saturated rings. The zero-order valence-electron chi connectivity index (χ0n) is 51.5. The fourth-order valence-electron chi connectivity index (χ4n) is 11.2. The van der Waals surface area contributed by atoms with Crippen molar-refractivity contribution >= 4 is 170 Å². The molecular weight excluding hydrogens is 1310 g/mol. The summed E-state index contributed by atoms with van der Waals surface area (Å²) in [5.41, 5.74) is 2.42. The Morgan fingerprint density at radius 2 is 1.41 bits per heavy atom. The molecule has 7 aromatic rings. The fourth-order valence-corrected chi connectivity index (χ4v) is 14.9. The maximum Gasteiger partial charge on any atom is 0.357 e. The second-order valence-corrected chi connectivity index (χ2v) is 27.8. The summed E-state index contributed by atoms with van der Waals surface area (Å²) in [6, 6.07) is 21.9. The van der Waals surface area contributed by atoms with Gasteiger partial charge in [0.05, 0.1) is 52.9 Å². The molecule has 4 bridgehead atoms. The van der Waals surface area contributed by atoms with Crippen LogP contribution in [0.25, 0.3) is 12.2 Å². The molecule has 4 aliphatic rings. The number of amides is 3. The highest BCUT2D eigenvalue weighted by Gasteiger charge is 2.50. The Balaban J connectivity index is 0.920. The van der Waals surface area contributed by atoms with E-state index in [0.29, 0.717) is 120 Å². The van der Waals surface area contributed by atoms with E-state index < -0.39 is 53.5 Å². The van der Waals surface area contributed by atoms with Crippen molar-refractivity contribution in [2.24, 2.45) is 20.5 Å². The topological polar surface area (TPSA) is 358 Å². The second kappa shape index (κ2) is 28.8. The average molecular weight is 1370 g/mol. The molecule has 0 atom stereocenters. The molecule has 4 aromatic carbocycles. The molecule has 3 amide bonds. The van der Waals surface area contributed by atoms with Crippen LogP contribution in [0.5, 0.6) is 0 Å². The number of hydrogen-bond acceptors (Lipinski definition) is 26. The van der Waals surface area contributed by atoms with E-state index >= 15 is 0 Å². The summed E-state index contributed by atoms with van der Waals surface area (Å²) < 4.78 is 74.5. The first-order valence-electron chi connectivity index (χ1n) is 30.2. The number of carbonyl (C=O) groups excluding carboxylic acids is 4. The Bertz CT molecular complexity index is 4450. The highest BCUT2D eigenvalue weighted by Crippen LogP contribution is 2.45. The third kappa shape index (κ3) is 15.1. The molecule has 7 heterocycles. The SMILES string of the molecule is CCN(CC)c1ccc(N=Nc2nc(N3CCCCC3)c(C=C(C(C)=O)C(=O)Nc3ccccc3S(=O)(=O)O)s2)c(Nc2nc3nc(n2)SCCOCN(CC)c2ccc(N=Nc4nc5c(s4)C=C(C(=O)Nc4ccccc4S(=O)(=O)O)C(=O)[N+]54CCCCC4)c(c2)N3)c1. The molecule has 490 valence electrons. The van der Waals surface area contributed by atoms with Gasteiger partial charge in [0.2, 0.25) is 22.2 Å². The van der Waals surface area contributed by atoms with Crippen LogP contribution in [0.1, 0.15) is 76.0 Å². The maximum absolute atomic E-state index is 14.6. The van der Waals surface area contributed by atoms with Crippen molar-refractivity contribution in [3.8, 4) is 0 Å².